The van der Waals surface area contributed by atoms with Crippen molar-refractivity contribution < 1.29 is 4.74 Å². The topological polar surface area (TPSA) is 61.8 Å². The van der Waals surface area contributed by atoms with Gasteiger partial charge in [-0.3, -0.25) is 4.99 Å². The predicted octanol–water partition coefficient (Wildman–Crippen LogP) is 3.22. The number of aliphatic imine (C=N–C) groups is 1. The zero-order chi connectivity index (χ0) is 19.6. The fourth-order valence-electron chi connectivity index (χ4n) is 3.34. The summed E-state index contributed by atoms with van der Waals surface area (Å²) in [5.74, 6) is 1.85. The molecule has 1 saturated heterocycles. The summed E-state index contributed by atoms with van der Waals surface area (Å²) >= 11 is 0. The number of pyridine rings is 1. The Morgan fingerprint density at radius 1 is 1.17 bits per heavy atom. The molecule has 158 valence electrons. The minimum absolute atomic E-state index is 0. The van der Waals surface area contributed by atoms with Gasteiger partial charge in [-0.25, -0.2) is 4.98 Å². The second kappa shape index (κ2) is 12.6. The van der Waals surface area contributed by atoms with Gasteiger partial charge in [-0.2, -0.15) is 0 Å². The molecule has 0 saturated carbocycles. The SMILES string of the molecule is CN=C(NCc1cccnc1N1CCOCC1)NC(C)CCc1ccccc1.I. The summed E-state index contributed by atoms with van der Waals surface area (Å²) in [6, 6.07) is 15.0. The summed E-state index contributed by atoms with van der Waals surface area (Å²) in [6.07, 6.45) is 3.96. The lowest BCUT2D eigenvalue weighted by atomic mass is 10.1. The number of hydrogen-bond acceptors (Lipinski definition) is 4. The number of nitrogens with one attached hydrogen (secondary N) is 2. The van der Waals surface area contributed by atoms with E-state index in [1.54, 1.807) is 0 Å². The number of guanidine groups is 1. The first-order valence-electron chi connectivity index (χ1n) is 10.0. The quantitative estimate of drug-likeness (QED) is 0.341. The monoisotopic (exact) mass is 509 g/mol. The Hall–Kier alpha value is -1.87. The molecule has 0 aliphatic carbocycles. The van der Waals surface area contributed by atoms with Crippen LogP contribution in [0.1, 0.15) is 24.5 Å². The Labute approximate surface area is 191 Å². The summed E-state index contributed by atoms with van der Waals surface area (Å²) in [5.41, 5.74) is 2.54. The lowest BCUT2D eigenvalue weighted by Crippen LogP contribution is -2.42. The van der Waals surface area contributed by atoms with Crippen LogP contribution in [-0.4, -0.2) is 50.3 Å². The Balaban J connectivity index is 0.00000300. The molecule has 7 heteroatoms. The van der Waals surface area contributed by atoms with Gasteiger partial charge in [0.15, 0.2) is 5.96 Å². The summed E-state index contributed by atoms with van der Waals surface area (Å²) in [6.45, 7) is 6.16. The van der Waals surface area contributed by atoms with Crippen LogP contribution in [0.25, 0.3) is 0 Å². The normalized spacial score (nSPS) is 15.4. The number of morpholine rings is 1. The molecule has 1 fully saturated rings. The van der Waals surface area contributed by atoms with Crippen molar-refractivity contribution in [2.24, 2.45) is 4.99 Å². The molecular formula is C22H32IN5O. The number of benzene rings is 1. The first kappa shape index (κ1) is 23.4. The largest absolute Gasteiger partial charge is 0.378 e. The van der Waals surface area contributed by atoms with E-state index in [-0.39, 0.29) is 24.0 Å². The van der Waals surface area contributed by atoms with Gasteiger partial charge in [0.25, 0.3) is 0 Å². The van der Waals surface area contributed by atoms with Gasteiger partial charge >= 0.3 is 0 Å². The molecule has 0 spiro atoms. The fourth-order valence-corrected chi connectivity index (χ4v) is 3.34. The van der Waals surface area contributed by atoms with Gasteiger partial charge in [0.05, 0.1) is 13.2 Å². The molecular weight excluding hydrogens is 477 g/mol. The number of anilines is 1. The van der Waals surface area contributed by atoms with E-state index in [9.17, 15) is 0 Å². The van der Waals surface area contributed by atoms with E-state index in [1.807, 2.05) is 19.3 Å². The third-order valence-corrected chi connectivity index (χ3v) is 4.94. The molecule has 1 aliphatic rings. The van der Waals surface area contributed by atoms with E-state index in [0.29, 0.717) is 12.6 Å². The molecule has 1 atom stereocenters. The summed E-state index contributed by atoms with van der Waals surface area (Å²) < 4.78 is 5.46. The molecule has 6 nitrogen and oxygen atoms in total. The Morgan fingerprint density at radius 2 is 1.93 bits per heavy atom. The number of ether oxygens (including phenoxy) is 1. The number of aryl methyl sites for hydroxylation is 1. The summed E-state index contributed by atoms with van der Waals surface area (Å²) in [4.78, 5) is 11.3. The lowest BCUT2D eigenvalue weighted by molar-refractivity contribution is 0.122. The van der Waals surface area contributed by atoms with Crippen molar-refractivity contribution in [1.29, 1.82) is 0 Å². The average molecular weight is 509 g/mol. The zero-order valence-electron chi connectivity index (χ0n) is 17.3. The van der Waals surface area contributed by atoms with Gasteiger partial charge in [0.1, 0.15) is 5.82 Å². The molecule has 1 unspecified atom stereocenters. The van der Waals surface area contributed by atoms with Crippen LogP contribution in [0.4, 0.5) is 5.82 Å². The van der Waals surface area contributed by atoms with Gasteiger partial charge in [0, 0.05) is 44.5 Å². The fraction of sp³-hybridized carbons (Fsp3) is 0.455. The third-order valence-electron chi connectivity index (χ3n) is 4.94. The second-order valence-electron chi connectivity index (χ2n) is 7.08. The van der Waals surface area contributed by atoms with Crippen molar-refractivity contribution in [2.45, 2.75) is 32.4 Å². The van der Waals surface area contributed by atoms with E-state index in [2.05, 4.69) is 68.8 Å². The highest BCUT2D eigenvalue weighted by Crippen LogP contribution is 2.18. The van der Waals surface area contributed by atoms with Crippen molar-refractivity contribution in [1.82, 2.24) is 15.6 Å². The van der Waals surface area contributed by atoms with E-state index < -0.39 is 0 Å². The first-order chi connectivity index (χ1) is 13.8. The summed E-state index contributed by atoms with van der Waals surface area (Å²) in [7, 11) is 1.81. The van der Waals surface area contributed by atoms with Crippen LogP contribution in [0, 0.1) is 0 Å². The van der Waals surface area contributed by atoms with E-state index in [4.69, 9.17) is 4.74 Å². The number of rotatable bonds is 7. The first-order valence-corrected chi connectivity index (χ1v) is 10.0. The molecule has 1 aliphatic heterocycles. The number of aromatic nitrogens is 1. The Bertz CT molecular complexity index is 750. The average Bonchev–Trinajstić information content (AvgIpc) is 2.76. The van der Waals surface area contributed by atoms with Crippen molar-refractivity contribution in [3.8, 4) is 0 Å². The highest BCUT2D eigenvalue weighted by Gasteiger charge is 2.16. The molecule has 2 N–H and O–H groups in total. The predicted molar refractivity (Wildman–Crippen MR) is 130 cm³/mol. The molecule has 2 aromatic rings. The van der Waals surface area contributed by atoms with Crippen molar-refractivity contribution in [2.75, 3.05) is 38.3 Å². The van der Waals surface area contributed by atoms with Crippen molar-refractivity contribution >= 4 is 35.8 Å². The minimum Gasteiger partial charge on any atom is -0.378 e. The zero-order valence-corrected chi connectivity index (χ0v) is 19.6. The summed E-state index contributed by atoms with van der Waals surface area (Å²) in [5, 5.41) is 6.93. The molecule has 0 amide bonds. The number of nitrogens with zero attached hydrogens (tertiary/aromatic N) is 3. The van der Waals surface area contributed by atoms with Crippen LogP contribution in [0.2, 0.25) is 0 Å². The van der Waals surface area contributed by atoms with E-state index in [0.717, 1.165) is 50.9 Å². The van der Waals surface area contributed by atoms with E-state index >= 15 is 0 Å². The van der Waals surface area contributed by atoms with Crippen LogP contribution in [0.5, 0.6) is 0 Å². The second-order valence-corrected chi connectivity index (χ2v) is 7.08. The maximum absolute atomic E-state index is 5.46. The maximum Gasteiger partial charge on any atom is 0.191 e. The van der Waals surface area contributed by atoms with Gasteiger partial charge in [-0.05, 0) is 31.4 Å². The standard InChI is InChI=1S/C22H31N5O.HI/c1-18(10-11-19-7-4-3-5-8-19)26-22(23-2)25-17-20-9-6-12-24-21(20)27-13-15-28-16-14-27;/h3-9,12,18H,10-11,13-17H2,1-2H3,(H2,23,25,26);1H. The van der Waals surface area contributed by atoms with Crippen LogP contribution in [0.15, 0.2) is 53.7 Å². The Kier molecular flexibility index (Phi) is 10.2. The Morgan fingerprint density at radius 3 is 2.66 bits per heavy atom. The van der Waals surface area contributed by atoms with E-state index in [1.165, 1.54) is 11.1 Å². The lowest BCUT2D eigenvalue weighted by Gasteiger charge is -2.29. The molecule has 1 aromatic heterocycles. The third kappa shape index (κ3) is 7.47. The molecule has 3 rings (SSSR count). The number of hydrogen-bond donors (Lipinski definition) is 2. The van der Waals surface area contributed by atoms with Gasteiger partial charge < -0.3 is 20.3 Å². The molecule has 0 radical (unpaired) electrons. The maximum atomic E-state index is 5.46. The van der Waals surface area contributed by atoms with Gasteiger partial charge in [0.2, 0.25) is 0 Å². The van der Waals surface area contributed by atoms with Crippen LogP contribution in [-0.2, 0) is 17.7 Å². The van der Waals surface area contributed by atoms with Crippen molar-refractivity contribution in [3.63, 3.8) is 0 Å². The van der Waals surface area contributed by atoms with Gasteiger partial charge in [-0.1, -0.05) is 36.4 Å². The molecule has 29 heavy (non-hydrogen) atoms. The van der Waals surface area contributed by atoms with Crippen LogP contribution >= 0.6 is 24.0 Å². The highest BCUT2D eigenvalue weighted by molar-refractivity contribution is 14.0. The molecule has 1 aromatic carbocycles. The molecule has 0 bridgehead atoms. The smallest absolute Gasteiger partial charge is 0.191 e. The van der Waals surface area contributed by atoms with Gasteiger partial charge in [-0.15, -0.1) is 24.0 Å². The minimum atomic E-state index is 0. The highest BCUT2D eigenvalue weighted by atomic mass is 127. The molecule has 2 heterocycles. The number of halogens is 1. The van der Waals surface area contributed by atoms with Crippen molar-refractivity contribution in [3.05, 3.63) is 59.8 Å². The van der Waals surface area contributed by atoms with Crippen LogP contribution < -0.4 is 15.5 Å². The van der Waals surface area contributed by atoms with Crippen LogP contribution in [0.3, 0.4) is 0 Å².